The highest BCUT2D eigenvalue weighted by molar-refractivity contribution is 7.89. The lowest BCUT2D eigenvalue weighted by Crippen LogP contribution is -2.49. The SMILES string of the molecule is COC(=O)c1cc2c(s1)CC(C(=O)N(O)S(=O)(=O)c1ccc(OC)cc1)NC2. The molecule has 1 aromatic heterocycles. The van der Waals surface area contributed by atoms with Crippen molar-refractivity contribution in [2.75, 3.05) is 14.2 Å². The Kier molecular flexibility index (Phi) is 5.70. The van der Waals surface area contributed by atoms with E-state index in [2.05, 4.69) is 10.1 Å². The van der Waals surface area contributed by atoms with Gasteiger partial charge in [0.1, 0.15) is 10.6 Å². The molecule has 1 unspecified atom stereocenters. The monoisotopic (exact) mass is 426 g/mol. The summed E-state index contributed by atoms with van der Waals surface area (Å²) < 4.78 is 34.4. The average Bonchev–Trinajstić information content (AvgIpc) is 3.15. The summed E-state index contributed by atoms with van der Waals surface area (Å²) in [5.41, 5.74) is 0.831. The molecular weight excluding hydrogens is 408 g/mol. The number of esters is 1. The maximum absolute atomic E-state index is 12.6. The molecule has 28 heavy (non-hydrogen) atoms. The fourth-order valence-electron chi connectivity index (χ4n) is 2.75. The van der Waals surface area contributed by atoms with Crippen LogP contribution in [0, 0.1) is 0 Å². The molecule has 2 aromatic rings. The Labute approximate surface area is 165 Å². The summed E-state index contributed by atoms with van der Waals surface area (Å²) in [5, 5.41) is 13.0. The number of amides is 1. The lowest BCUT2D eigenvalue weighted by Gasteiger charge is -2.25. The van der Waals surface area contributed by atoms with E-state index in [9.17, 15) is 23.2 Å². The van der Waals surface area contributed by atoms with Crippen molar-refractivity contribution in [3.8, 4) is 5.75 Å². The number of hydrogen-bond donors (Lipinski definition) is 2. The number of nitrogens with zero attached hydrogens (tertiary/aromatic N) is 1. The smallest absolute Gasteiger partial charge is 0.348 e. The molecule has 2 N–H and O–H groups in total. The van der Waals surface area contributed by atoms with E-state index < -0.39 is 27.9 Å². The third-order valence-corrected chi connectivity index (χ3v) is 6.97. The van der Waals surface area contributed by atoms with E-state index in [1.807, 2.05) is 0 Å². The van der Waals surface area contributed by atoms with Crippen LogP contribution in [0.25, 0.3) is 0 Å². The standard InChI is InChI=1S/C17H18N2O7S2/c1-25-11-3-5-12(6-4-11)28(23,24)19(22)16(20)13-8-14-10(9-18-13)7-15(27-14)17(21)26-2/h3-7,13,18,22H,8-9H2,1-2H3. The fraction of sp³-hybridized carbons (Fsp3) is 0.294. The second-order valence-electron chi connectivity index (χ2n) is 5.95. The van der Waals surface area contributed by atoms with Crippen molar-refractivity contribution < 1.29 is 32.7 Å². The van der Waals surface area contributed by atoms with Crippen molar-refractivity contribution in [3.63, 3.8) is 0 Å². The lowest BCUT2D eigenvalue weighted by atomic mass is 10.0. The van der Waals surface area contributed by atoms with E-state index in [-0.39, 0.29) is 22.3 Å². The highest BCUT2D eigenvalue weighted by Gasteiger charge is 2.36. The van der Waals surface area contributed by atoms with Gasteiger partial charge in [-0.1, -0.05) is 0 Å². The van der Waals surface area contributed by atoms with E-state index in [4.69, 9.17) is 4.74 Å². The largest absolute Gasteiger partial charge is 0.497 e. The Morgan fingerprint density at radius 3 is 2.54 bits per heavy atom. The Morgan fingerprint density at radius 2 is 1.93 bits per heavy atom. The molecule has 0 bridgehead atoms. The van der Waals surface area contributed by atoms with Gasteiger partial charge in [-0.3, -0.25) is 10.0 Å². The molecular formula is C17H18N2O7S2. The molecule has 0 aliphatic carbocycles. The van der Waals surface area contributed by atoms with Crippen LogP contribution in [0.2, 0.25) is 0 Å². The van der Waals surface area contributed by atoms with Gasteiger partial charge in [-0.05, 0) is 35.9 Å². The van der Waals surface area contributed by atoms with Crippen LogP contribution in [0.1, 0.15) is 20.1 Å². The van der Waals surface area contributed by atoms with Crippen LogP contribution in [0.5, 0.6) is 5.75 Å². The zero-order chi connectivity index (χ0) is 20.5. The number of thiophene rings is 1. The number of hydroxylamine groups is 1. The van der Waals surface area contributed by atoms with Gasteiger partial charge in [-0.15, -0.1) is 15.8 Å². The summed E-state index contributed by atoms with van der Waals surface area (Å²) in [6.07, 6.45) is 0.144. The van der Waals surface area contributed by atoms with Crippen LogP contribution in [0.15, 0.2) is 35.2 Å². The number of ether oxygens (including phenoxy) is 2. The molecule has 0 fully saturated rings. The van der Waals surface area contributed by atoms with E-state index in [1.54, 1.807) is 6.07 Å². The fourth-order valence-corrected chi connectivity index (χ4v) is 4.94. The average molecular weight is 426 g/mol. The van der Waals surface area contributed by atoms with E-state index in [0.29, 0.717) is 10.6 Å². The molecule has 0 spiro atoms. The molecule has 0 radical (unpaired) electrons. The van der Waals surface area contributed by atoms with Crippen molar-refractivity contribution in [2.45, 2.75) is 23.9 Å². The minimum Gasteiger partial charge on any atom is -0.497 e. The third-order valence-electron chi connectivity index (χ3n) is 4.28. The molecule has 1 aromatic carbocycles. The topological polar surface area (TPSA) is 122 Å². The number of fused-ring (bicyclic) bond motifs is 1. The first kappa shape index (κ1) is 20.3. The quantitative estimate of drug-likeness (QED) is 0.415. The molecule has 150 valence electrons. The molecule has 0 saturated heterocycles. The molecule has 2 heterocycles. The van der Waals surface area contributed by atoms with Crippen molar-refractivity contribution in [1.29, 1.82) is 0 Å². The summed E-state index contributed by atoms with van der Waals surface area (Å²) in [7, 11) is -1.72. The zero-order valence-electron chi connectivity index (χ0n) is 15.0. The molecule has 1 aliphatic rings. The van der Waals surface area contributed by atoms with Crippen LogP contribution in [0.3, 0.4) is 0 Å². The Hall–Kier alpha value is -2.47. The Bertz CT molecular complexity index is 999. The molecule has 1 atom stereocenters. The number of methoxy groups -OCH3 is 2. The predicted octanol–water partition coefficient (Wildman–Crippen LogP) is 1.16. The van der Waals surface area contributed by atoms with Gasteiger partial charge in [0.05, 0.1) is 25.2 Å². The number of carbonyl (C=O) groups excluding carboxylic acids is 2. The molecule has 1 aliphatic heterocycles. The summed E-state index contributed by atoms with van der Waals surface area (Å²) in [5.74, 6) is -1.04. The van der Waals surface area contributed by atoms with Crippen LogP contribution >= 0.6 is 11.3 Å². The van der Waals surface area contributed by atoms with Gasteiger partial charge in [0, 0.05) is 17.8 Å². The van der Waals surface area contributed by atoms with Gasteiger partial charge in [0.15, 0.2) is 0 Å². The Balaban J connectivity index is 1.77. The summed E-state index contributed by atoms with van der Waals surface area (Å²) in [6.45, 7) is 0.260. The van der Waals surface area contributed by atoms with Crippen molar-refractivity contribution in [1.82, 2.24) is 9.79 Å². The minimum absolute atomic E-state index is 0.144. The number of rotatable bonds is 5. The highest BCUT2D eigenvalue weighted by Crippen LogP contribution is 2.28. The van der Waals surface area contributed by atoms with Crippen LogP contribution < -0.4 is 10.1 Å². The molecule has 0 saturated carbocycles. The van der Waals surface area contributed by atoms with Crippen molar-refractivity contribution in [2.24, 2.45) is 0 Å². The minimum atomic E-state index is -4.43. The predicted molar refractivity (Wildman–Crippen MR) is 98.8 cm³/mol. The first-order valence-electron chi connectivity index (χ1n) is 8.13. The number of benzene rings is 1. The normalized spacial score (nSPS) is 16.2. The van der Waals surface area contributed by atoms with E-state index in [1.165, 1.54) is 49.8 Å². The van der Waals surface area contributed by atoms with Crippen LogP contribution in [-0.4, -0.2) is 50.2 Å². The van der Waals surface area contributed by atoms with Crippen molar-refractivity contribution in [3.05, 3.63) is 45.6 Å². The molecule has 11 heteroatoms. The maximum Gasteiger partial charge on any atom is 0.348 e. The van der Waals surface area contributed by atoms with Crippen LogP contribution in [0.4, 0.5) is 0 Å². The summed E-state index contributed by atoms with van der Waals surface area (Å²) in [6, 6.07) is 6.02. The zero-order valence-corrected chi connectivity index (χ0v) is 16.7. The lowest BCUT2D eigenvalue weighted by molar-refractivity contribution is -0.148. The first-order chi connectivity index (χ1) is 13.3. The number of hydrogen-bond acceptors (Lipinski definition) is 9. The van der Waals surface area contributed by atoms with E-state index in [0.717, 1.165) is 10.4 Å². The van der Waals surface area contributed by atoms with Gasteiger partial charge >= 0.3 is 5.97 Å². The highest BCUT2D eigenvalue weighted by atomic mass is 32.2. The summed E-state index contributed by atoms with van der Waals surface area (Å²) in [4.78, 5) is 25.1. The number of carbonyl (C=O) groups is 2. The molecule has 9 nitrogen and oxygen atoms in total. The van der Waals surface area contributed by atoms with Gasteiger partial charge in [-0.2, -0.15) is 8.42 Å². The van der Waals surface area contributed by atoms with E-state index >= 15 is 0 Å². The van der Waals surface area contributed by atoms with Crippen LogP contribution in [-0.2, 0) is 32.5 Å². The first-order valence-corrected chi connectivity index (χ1v) is 10.4. The summed E-state index contributed by atoms with van der Waals surface area (Å²) >= 11 is 1.18. The van der Waals surface area contributed by atoms with Crippen molar-refractivity contribution >= 4 is 33.2 Å². The Morgan fingerprint density at radius 1 is 1.25 bits per heavy atom. The van der Waals surface area contributed by atoms with Gasteiger partial charge < -0.3 is 14.8 Å². The second kappa shape index (κ2) is 7.87. The maximum atomic E-state index is 12.6. The molecule has 3 rings (SSSR count). The number of nitrogens with one attached hydrogen (secondary N) is 1. The molecule has 1 amide bonds. The second-order valence-corrected chi connectivity index (χ2v) is 8.85. The van der Waals surface area contributed by atoms with Gasteiger partial charge in [0.25, 0.3) is 15.9 Å². The van der Waals surface area contributed by atoms with Gasteiger partial charge in [0.2, 0.25) is 0 Å². The number of sulfonamides is 1. The third kappa shape index (κ3) is 3.74. The van der Waals surface area contributed by atoms with Gasteiger partial charge in [-0.25, -0.2) is 4.79 Å².